The maximum Gasteiger partial charge on any atom is 0.249 e. The molecule has 1 saturated heterocycles. The number of amides is 1. The van der Waals surface area contributed by atoms with Gasteiger partial charge in [-0.25, -0.2) is 0 Å². The number of hydrogen-bond donors (Lipinski definition) is 8. The molecule has 11 nitrogen and oxygen atoms in total. The van der Waals surface area contributed by atoms with Crippen LogP contribution < -0.4 is 5.32 Å². The Hall–Kier alpha value is -0.890. The molecule has 9 atom stereocenters. The summed E-state index contributed by atoms with van der Waals surface area (Å²) in [5.74, 6) is -0.695. The average Bonchev–Trinajstić information content (AvgIpc) is 3.25. The maximum atomic E-state index is 13.1. The van der Waals surface area contributed by atoms with Crippen molar-refractivity contribution >= 4 is 5.91 Å². The zero-order valence-corrected chi connectivity index (χ0v) is 38.7. The minimum absolute atomic E-state index is 0.265. The van der Waals surface area contributed by atoms with Crippen molar-refractivity contribution < 1.29 is 50.0 Å². The van der Waals surface area contributed by atoms with Crippen molar-refractivity contribution in [2.24, 2.45) is 0 Å². The van der Waals surface area contributed by atoms with Crippen LogP contribution in [0.2, 0.25) is 0 Å². The second kappa shape index (κ2) is 39.7. The number of carbonyl (C=O) groups is 1. The highest BCUT2D eigenvalue weighted by molar-refractivity contribution is 5.80. The molecule has 0 saturated carbocycles. The molecular weight excluding hydrogens is 763 g/mol. The third-order valence-corrected chi connectivity index (χ3v) is 12.7. The maximum absolute atomic E-state index is 13.1. The summed E-state index contributed by atoms with van der Waals surface area (Å²) in [5, 5.41) is 75.7. The Morgan fingerprint density at radius 3 is 1.23 bits per heavy atom. The molecule has 8 N–H and O–H groups in total. The molecule has 1 aliphatic rings. The van der Waals surface area contributed by atoms with Gasteiger partial charge in [0.25, 0.3) is 0 Å². The van der Waals surface area contributed by atoms with E-state index in [0.29, 0.717) is 19.3 Å². The molecule has 9 unspecified atom stereocenters. The van der Waals surface area contributed by atoms with Gasteiger partial charge in [0.15, 0.2) is 6.29 Å². The molecule has 1 heterocycles. The number of hydrogen-bond acceptors (Lipinski definition) is 10. The summed E-state index contributed by atoms with van der Waals surface area (Å²) in [5.41, 5.74) is 0. The number of rotatable bonds is 43. The second-order valence-electron chi connectivity index (χ2n) is 18.3. The lowest BCUT2D eigenvalue weighted by molar-refractivity contribution is -0.303. The third kappa shape index (κ3) is 28.7. The highest BCUT2D eigenvalue weighted by Gasteiger charge is 2.44. The van der Waals surface area contributed by atoms with Crippen LogP contribution in [0.5, 0.6) is 0 Å². The molecular formula is C49H97NO10. The average molecular weight is 860 g/mol. The van der Waals surface area contributed by atoms with Crippen molar-refractivity contribution in [3.8, 4) is 0 Å². The van der Waals surface area contributed by atoms with Gasteiger partial charge in [0.2, 0.25) is 5.91 Å². The molecule has 358 valence electrons. The second-order valence-corrected chi connectivity index (χ2v) is 18.3. The number of nitrogens with one attached hydrogen (secondary N) is 1. The Morgan fingerprint density at radius 2 is 0.867 bits per heavy atom. The first-order valence-corrected chi connectivity index (χ1v) is 25.4. The van der Waals surface area contributed by atoms with Crippen molar-refractivity contribution in [2.75, 3.05) is 13.2 Å². The van der Waals surface area contributed by atoms with Crippen LogP contribution in [-0.2, 0) is 14.3 Å². The molecule has 1 aliphatic heterocycles. The first-order valence-electron chi connectivity index (χ1n) is 25.4. The summed E-state index contributed by atoms with van der Waals surface area (Å²) in [6.07, 6.45) is 30.2. The van der Waals surface area contributed by atoms with Gasteiger partial charge in [0, 0.05) is 0 Å². The van der Waals surface area contributed by atoms with Gasteiger partial charge in [-0.2, -0.15) is 0 Å². The molecule has 0 spiro atoms. The summed E-state index contributed by atoms with van der Waals surface area (Å²) in [6, 6.07) is -1.16. The van der Waals surface area contributed by atoms with Gasteiger partial charge in [0.1, 0.15) is 36.6 Å². The van der Waals surface area contributed by atoms with Crippen LogP contribution in [0.3, 0.4) is 0 Å². The van der Waals surface area contributed by atoms with Crippen molar-refractivity contribution in [3.05, 3.63) is 0 Å². The Labute approximate surface area is 367 Å². The van der Waals surface area contributed by atoms with Crippen molar-refractivity contribution in [1.82, 2.24) is 5.32 Å². The molecule has 0 aromatic rings. The quantitative estimate of drug-likeness (QED) is 0.0275. The standard InChI is InChI=1S/C49H97NO10/c1-3-5-7-9-11-13-15-16-17-18-19-20-21-22-23-24-25-26-27-29-30-32-34-36-41(52)44(54)40(39-59-49-47(57)46(56)45(55)43(38-51)60-49)50-48(58)42(53)37-35-33-31-28-14-12-10-8-6-4-2/h40-47,49,51-57H,3-39H2,1-2H3,(H,50,58). The van der Waals surface area contributed by atoms with E-state index >= 15 is 0 Å². The number of carbonyl (C=O) groups excluding carboxylic acids is 1. The molecule has 0 bridgehead atoms. The predicted molar refractivity (Wildman–Crippen MR) is 243 cm³/mol. The molecule has 0 aliphatic carbocycles. The van der Waals surface area contributed by atoms with E-state index in [9.17, 15) is 40.5 Å². The fourth-order valence-electron chi connectivity index (χ4n) is 8.44. The summed E-state index contributed by atoms with van der Waals surface area (Å²) in [4.78, 5) is 13.1. The van der Waals surface area contributed by atoms with Crippen LogP contribution in [0.15, 0.2) is 0 Å². The molecule has 1 amide bonds. The molecule has 60 heavy (non-hydrogen) atoms. The van der Waals surface area contributed by atoms with Gasteiger partial charge in [-0.1, -0.05) is 226 Å². The monoisotopic (exact) mass is 860 g/mol. The van der Waals surface area contributed by atoms with E-state index in [0.717, 1.165) is 38.5 Å². The Bertz CT molecular complexity index is 944. The van der Waals surface area contributed by atoms with E-state index in [1.807, 2.05) is 0 Å². The molecule has 0 aromatic heterocycles. The van der Waals surface area contributed by atoms with Crippen LogP contribution in [0.1, 0.15) is 239 Å². The lowest BCUT2D eigenvalue weighted by atomic mass is 9.98. The van der Waals surface area contributed by atoms with Gasteiger partial charge < -0.3 is 50.5 Å². The van der Waals surface area contributed by atoms with E-state index in [1.165, 1.54) is 161 Å². The topological polar surface area (TPSA) is 189 Å². The highest BCUT2D eigenvalue weighted by atomic mass is 16.7. The van der Waals surface area contributed by atoms with Crippen molar-refractivity contribution in [2.45, 2.75) is 294 Å². The Morgan fingerprint density at radius 1 is 0.517 bits per heavy atom. The fourth-order valence-corrected chi connectivity index (χ4v) is 8.44. The van der Waals surface area contributed by atoms with Crippen molar-refractivity contribution in [1.29, 1.82) is 0 Å². The number of unbranched alkanes of at least 4 members (excludes halogenated alkanes) is 31. The number of aliphatic hydroxyl groups is 7. The first kappa shape index (κ1) is 57.1. The predicted octanol–water partition coefficient (Wildman–Crippen LogP) is 9.06. The first-order chi connectivity index (χ1) is 29.2. The highest BCUT2D eigenvalue weighted by Crippen LogP contribution is 2.23. The van der Waals surface area contributed by atoms with E-state index in [4.69, 9.17) is 9.47 Å². The van der Waals surface area contributed by atoms with E-state index in [1.54, 1.807) is 0 Å². The lowest BCUT2D eigenvalue weighted by Gasteiger charge is -2.40. The molecule has 11 heteroatoms. The van der Waals surface area contributed by atoms with Crippen LogP contribution in [-0.4, -0.2) is 110 Å². The summed E-state index contributed by atoms with van der Waals surface area (Å²) >= 11 is 0. The van der Waals surface area contributed by atoms with E-state index in [2.05, 4.69) is 19.2 Å². The summed E-state index contributed by atoms with van der Waals surface area (Å²) in [6.45, 7) is 3.44. The normalized spacial score (nSPS) is 21.5. The van der Waals surface area contributed by atoms with Gasteiger partial charge in [0.05, 0.1) is 25.4 Å². The van der Waals surface area contributed by atoms with Gasteiger partial charge >= 0.3 is 0 Å². The van der Waals surface area contributed by atoms with Crippen LogP contribution >= 0.6 is 0 Å². The zero-order chi connectivity index (χ0) is 44.1. The Kier molecular flexibility index (Phi) is 37.8. The lowest BCUT2D eigenvalue weighted by Crippen LogP contribution is -2.60. The SMILES string of the molecule is CCCCCCCCCCCCCCCCCCCCCCCCCC(O)C(O)C(COC1OC(CO)C(O)C(O)C1O)NC(=O)C(O)CCCCCCCCCCCC. The summed E-state index contributed by atoms with van der Waals surface area (Å²) in [7, 11) is 0. The van der Waals surface area contributed by atoms with Crippen LogP contribution in [0.4, 0.5) is 0 Å². The van der Waals surface area contributed by atoms with Gasteiger partial charge in [-0.3, -0.25) is 4.79 Å². The largest absolute Gasteiger partial charge is 0.394 e. The molecule has 0 radical (unpaired) electrons. The number of ether oxygens (including phenoxy) is 2. The van der Waals surface area contributed by atoms with Crippen LogP contribution in [0.25, 0.3) is 0 Å². The van der Waals surface area contributed by atoms with Gasteiger partial charge in [-0.05, 0) is 12.8 Å². The fraction of sp³-hybridized carbons (Fsp3) is 0.980. The molecule has 0 aromatic carbocycles. The van der Waals surface area contributed by atoms with Gasteiger partial charge in [-0.15, -0.1) is 0 Å². The minimum atomic E-state index is -1.66. The Balaban J connectivity index is 2.32. The van der Waals surface area contributed by atoms with E-state index in [-0.39, 0.29) is 6.42 Å². The number of aliphatic hydroxyl groups excluding tert-OH is 7. The third-order valence-electron chi connectivity index (χ3n) is 12.7. The zero-order valence-electron chi connectivity index (χ0n) is 38.7. The minimum Gasteiger partial charge on any atom is -0.394 e. The molecule has 1 fully saturated rings. The van der Waals surface area contributed by atoms with Crippen molar-refractivity contribution in [3.63, 3.8) is 0 Å². The molecule has 1 rings (SSSR count). The van der Waals surface area contributed by atoms with E-state index < -0.39 is 74.2 Å². The van der Waals surface area contributed by atoms with Crippen LogP contribution in [0, 0.1) is 0 Å². The smallest absolute Gasteiger partial charge is 0.249 e. The summed E-state index contributed by atoms with van der Waals surface area (Å²) < 4.78 is 11.1.